The van der Waals surface area contributed by atoms with Gasteiger partial charge in [0.25, 0.3) is 0 Å². The first-order chi connectivity index (χ1) is 16.1. The molecule has 3 aromatic carbocycles. The molecule has 0 saturated heterocycles. The number of aromatic amines is 1. The van der Waals surface area contributed by atoms with Gasteiger partial charge in [-0.1, -0.05) is 36.4 Å². The van der Waals surface area contributed by atoms with Crippen LogP contribution in [0.5, 0.6) is 11.5 Å². The molecule has 1 aliphatic heterocycles. The lowest BCUT2D eigenvalue weighted by Crippen LogP contribution is -2.27. The van der Waals surface area contributed by atoms with Crippen LogP contribution in [0, 0.1) is 6.92 Å². The Kier molecular flexibility index (Phi) is 4.39. The Balaban J connectivity index is 1.25. The van der Waals surface area contributed by atoms with Gasteiger partial charge in [0.2, 0.25) is 18.5 Å². The van der Waals surface area contributed by atoms with E-state index in [4.69, 9.17) is 9.47 Å². The third-order valence-corrected chi connectivity index (χ3v) is 6.40. The van der Waals surface area contributed by atoms with Crippen LogP contribution in [0.2, 0.25) is 0 Å². The normalized spacial score (nSPS) is 15.3. The Labute approximate surface area is 189 Å². The monoisotopic (exact) mass is 439 g/mol. The topological polar surface area (TPSA) is 102 Å². The molecule has 2 heterocycles. The van der Waals surface area contributed by atoms with Crippen LogP contribution in [0.15, 0.2) is 60.7 Å². The van der Waals surface area contributed by atoms with Crippen LogP contribution in [0.3, 0.4) is 0 Å². The molecule has 0 spiro atoms. The van der Waals surface area contributed by atoms with E-state index in [1.165, 1.54) is 0 Å². The van der Waals surface area contributed by atoms with E-state index in [1.54, 1.807) is 0 Å². The van der Waals surface area contributed by atoms with Gasteiger partial charge in [-0.3, -0.25) is 4.79 Å². The van der Waals surface area contributed by atoms with Crippen molar-refractivity contribution in [2.24, 2.45) is 0 Å². The summed E-state index contributed by atoms with van der Waals surface area (Å²) in [5, 5.41) is 17.2. The molecule has 1 fully saturated rings. The van der Waals surface area contributed by atoms with Gasteiger partial charge in [-0.15, -0.1) is 10.2 Å². The molecular formula is C25H21N5O3. The maximum absolute atomic E-state index is 13.3. The zero-order chi connectivity index (χ0) is 22.4. The molecule has 4 aromatic rings. The first-order valence-electron chi connectivity index (χ1n) is 10.8. The summed E-state index contributed by atoms with van der Waals surface area (Å²) in [5.74, 6) is 1.98. The summed E-state index contributed by atoms with van der Waals surface area (Å²) in [4.78, 5) is 13.3. The third kappa shape index (κ3) is 3.40. The lowest BCUT2D eigenvalue weighted by atomic mass is 9.94. The molecule has 8 nitrogen and oxygen atoms in total. The molecule has 8 heteroatoms. The minimum absolute atomic E-state index is 0.00335. The highest BCUT2D eigenvalue weighted by Crippen LogP contribution is 2.51. The summed E-state index contributed by atoms with van der Waals surface area (Å²) >= 11 is 0. The SMILES string of the molecule is Cc1ccc(NC(=O)C2(c3ccc4c(c3)OCO4)CC2)cc1-c1ccc(-c2nn[nH]n2)cc1. The van der Waals surface area contributed by atoms with E-state index < -0.39 is 5.41 Å². The van der Waals surface area contributed by atoms with Gasteiger partial charge in [0.1, 0.15) is 0 Å². The molecule has 164 valence electrons. The second-order valence-corrected chi connectivity index (χ2v) is 8.45. The summed E-state index contributed by atoms with van der Waals surface area (Å²) in [7, 11) is 0. The van der Waals surface area contributed by atoms with Gasteiger partial charge in [0.05, 0.1) is 5.41 Å². The second kappa shape index (κ2) is 7.44. The zero-order valence-corrected chi connectivity index (χ0v) is 18.0. The lowest BCUT2D eigenvalue weighted by Gasteiger charge is -2.17. The number of nitrogens with zero attached hydrogens (tertiary/aromatic N) is 3. The molecule has 0 unspecified atom stereocenters. The molecule has 1 amide bonds. The van der Waals surface area contributed by atoms with Crippen molar-refractivity contribution in [1.82, 2.24) is 20.6 Å². The average Bonchev–Trinajstić information content (AvgIpc) is 3.24. The molecule has 6 rings (SSSR count). The Morgan fingerprint density at radius 3 is 2.52 bits per heavy atom. The van der Waals surface area contributed by atoms with Crippen molar-refractivity contribution in [3.05, 3.63) is 71.8 Å². The Morgan fingerprint density at radius 2 is 1.76 bits per heavy atom. The number of hydrogen-bond acceptors (Lipinski definition) is 6. The van der Waals surface area contributed by atoms with Gasteiger partial charge in [-0.2, -0.15) is 5.21 Å². The first-order valence-corrected chi connectivity index (χ1v) is 10.8. The average molecular weight is 439 g/mol. The number of ether oxygens (including phenoxy) is 2. The van der Waals surface area contributed by atoms with Crippen LogP contribution < -0.4 is 14.8 Å². The number of rotatable bonds is 5. The highest BCUT2D eigenvalue weighted by Gasteiger charge is 2.51. The van der Waals surface area contributed by atoms with Crippen molar-refractivity contribution in [1.29, 1.82) is 0 Å². The van der Waals surface area contributed by atoms with E-state index in [0.717, 1.165) is 52.1 Å². The fourth-order valence-corrected chi connectivity index (χ4v) is 4.31. The number of nitrogens with one attached hydrogen (secondary N) is 2. The molecule has 33 heavy (non-hydrogen) atoms. The van der Waals surface area contributed by atoms with E-state index in [-0.39, 0.29) is 12.7 Å². The van der Waals surface area contributed by atoms with Crippen LogP contribution in [0.1, 0.15) is 24.0 Å². The number of aryl methyl sites for hydroxylation is 1. The zero-order valence-electron chi connectivity index (χ0n) is 18.0. The van der Waals surface area contributed by atoms with Crippen molar-refractivity contribution >= 4 is 11.6 Å². The van der Waals surface area contributed by atoms with Crippen molar-refractivity contribution in [3.8, 4) is 34.0 Å². The third-order valence-electron chi connectivity index (χ3n) is 6.40. The maximum Gasteiger partial charge on any atom is 0.235 e. The summed E-state index contributed by atoms with van der Waals surface area (Å²) in [6, 6.07) is 19.7. The molecule has 0 atom stereocenters. The predicted molar refractivity (Wildman–Crippen MR) is 122 cm³/mol. The van der Waals surface area contributed by atoms with Gasteiger partial charge in [0, 0.05) is 11.3 Å². The first kappa shape index (κ1) is 19.5. The van der Waals surface area contributed by atoms with Gasteiger partial charge >= 0.3 is 0 Å². The number of fused-ring (bicyclic) bond motifs is 1. The van der Waals surface area contributed by atoms with Crippen molar-refractivity contribution in [3.63, 3.8) is 0 Å². The number of hydrogen-bond donors (Lipinski definition) is 2. The van der Waals surface area contributed by atoms with Crippen LogP contribution in [-0.4, -0.2) is 33.3 Å². The van der Waals surface area contributed by atoms with Gasteiger partial charge in [-0.05, 0) is 71.5 Å². The number of carbonyl (C=O) groups excluding carboxylic acids is 1. The fraction of sp³-hybridized carbons (Fsp3) is 0.200. The summed E-state index contributed by atoms with van der Waals surface area (Å²) in [6.07, 6.45) is 1.63. The lowest BCUT2D eigenvalue weighted by molar-refractivity contribution is -0.118. The van der Waals surface area contributed by atoms with Crippen molar-refractivity contribution in [2.75, 3.05) is 12.1 Å². The molecule has 0 radical (unpaired) electrons. The van der Waals surface area contributed by atoms with E-state index in [1.807, 2.05) is 60.7 Å². The quantitative estimate of drug-likeness (QED) is 0.482. The Morgan fingerprint density at radius 1 is 0.970 bits per heavy atom. The molecular weight excluding hydrogens is 418 g/mol. The van der Waals surface area contributed by atoms with Gasteiger partial charge in [0.15, 0.2) is 11.5 Å². The van der Waals surface area contributed by atoms with E-state index in [2.05, 4.69) is 32.9 Å². The molecule has 1 saturated carbocycles. The number of amides is 1. The smallest absolute Gasteiger partial charge is 0.235 e. The molecule has 1 aliphatic carbocycles. The molecule has 0 bridgehead atoms. The minimum Gasteiger partial charge on any atom is -0.454 e. The second-order valence-electron chi connectivity index (χ2n) is 8.45. The number of tetrazole rings is 1. The Bertz CT molecular complexity index is 1350. The summed E-state index contributed by atoms with van der Waals surface area (Å²) in [5.41, 5.74) is 5.33. The fourth-order valence-electron chi connectivity index (χ4n) is 4.31. The van der Waals surface area contributed by atoms with Gasteiger partial charge in [-0.25, -0.2) is 0 Å². The van der Waals surface area contributed by atoms with Crippen LogP contribution in [0.25, 0.3) is 22.5 Å². The standard InChI is InChI=1S/C25H21N5O3/c1-15-2-8-19(13-20(15)16-3-5-17(6-4-16)23-27-29-30-28-23)26-24(31)25(10-11-25)18-7-9-21-22(12-18)33-14-32-21/h2-9,12-13H,10-11,14H2,1H3,(H,26,31)(H,27,28,29,30). The predicted octanol–water partition coefficient (Wildman–Crippen LogP) is 4.24. The van der Waals surface area contributed by atoms with E-state index >= 15 is 0 Å². The number of aromatic nitrogens is 4. The number of anilines is 1. The number of benzene rings is 3. The van der Waals surface area contributed by atoms with Crippen molar-refractivity contribution in [2.45, 2.75) is 25.2 Å². The largest absolute Gasteiger partial charge is 0.454 e. The maximum atomic E-state index is 13.3. The number of carbonyl (C=O) groups is 1. The highest BCUT2D eigenvalue weighted by atomic mass is 16.7. The van der Waals surface area contributed by atoms with E-state index in [0.29, 0.717) is 11.6 Å². The summed E-state index contributed by atoms with van der Waals surface area (Å²) in [6.45, 7) is 2.28. The summed E-state index contributed by atoms with van der Waals surface area (Å²) < 4.78 is 10.9. The van der Waals surface area contributed by atoms with Crippen LogP contribution in [-0.2, 0) is 10.2 Å². The molecule has 2 aliphatic rings. The van der Waals surface area contributed by atoms with Gasteiger partial charge < -0.3 is 14.8 Å². The van der Waals surface area contributed by atoms with Crippen LogP contribution >= 0.6 is 0 Å². The molecule has 1 aromatic heterocycles. The van der Waals surface area contributed by atoms with Crippen molar-refractivity contribution < 1.29 is 14.3 Å². The highest BCUT2D eigenvalue weighted by molar-refractivity contribution is 6.02. The molecule has 2 N–H and O–H groups in total. The van der Waals surface area contributed by atoms with Crippen LogP contribution in [0.4, 0.5) is 5.69 Å². The minimum atomic E-state index is -0.516. The Hall–Kier alpha value is -4.20. The van der Waals surface area contributed by atoms with E-state index in [9.17, 15) is 4.79 Å². The number of H-pyrrole nitrogens is 1.